The van der Waals surface area contributed by atoms with Gasteiger partial charge in [0, 0.05) is 27.7 Å². The average Bonchev–Trinajstić information content (AvgIpc) is 3.69. The zero-order valence-corrected chi connectivity index (χ0v) is 25.1. The predicted molar refractivity (Wildman–Crippen MR) is 192 cm³/mol. The van der Waals surface area contributed by atoms with Gasteiger partial charge in [0.2, 0.25) is 0 Å². The van der Waals surface area contributed by atoms with Crippen molar-refractivity contribution < 1.29 is 0 Å². The van der Waals surface area contributed by atoms with Crippen molar-refractivity contribution in [3.8, 4) is 45.0 Å². The van der Waals surface area contributed by atoms with Gasteiger partial charge in [0.15, 0.2) is 0 Å². The zero-order valence-electron chi connectivity index (χ0n) is 25.1. The first kappa shape index (κ1) is 26.2. The number of nitrogens with zero attached hydrogens (tertiary/aromatic N) is 3. The molecule has 46 heavy (non-hydrogen) atoms. The fourth-order valence-electron chi connectivity index (χ4n) is 6.80. The van der Waals surface area contributed by atoms with Gasteiger partial charge >= 0.3 is 0 Å². The first-order chi connectivity index (χ1) is 22.8. The highest BCUT2D eigenvalue weighted by Gasteiger charge is 2.16. The van der Waals surface area contributed by atoms with Gasteiger partial charge in [0.25, 0.3) is 0 Å². The third-order valence-corrected chi connectivity index (χ3v) is 8.91. The molecule has 2 heterocycles. The molecule has 9 rings (SSSR count). The van der Waals surface area contributed by atoms with Crippen LogP contribution in [0.5, 0.6) is 0 Å². The third-order valence-electron chi connectivity index (χ3n) is 8.91. The SMILES string of the molecule is c1ccc(-n2c(-c3cccc(-c4cccc(-c5cccc(-n6c7ccccc7c7ccccc76)c5)c4)c3)nc3ccccc32)cc1. The molecule has 0 aliphatic carbocycles. The summed E-state index contributed by atoms with van der Waals surface area (Å²) >= 11 is 0. The minimum atomic E-state index is 0.935. The van der Waals surface area contributed by atoms with Gasteiger partial charge < -0.3 is 4.57 Å². The van der Waals surface area contributed by atoms with Crippen LogP contribution in [0.2, 0.25) is 0 Å². The Morgan fingerprint density at radius 1 is 0.326 bits per heavy atom. The van der Waals surface area contributed by atoms with Crippen LogP contribution in [0.1, 0.15) is 0 Å². The summed E-state index contributed by atoms with van der Waals surface area (Å²) in [6.45, 7) is 0. The molecule has 0 atom stereocenters. The standard InChI is InChI=1S/C43H29N3/c1-2-18-35(19-3-1)46-42-26-9-6-23-39(42)44-43(46)34-17-11-15-32(28-34)30-13-10-14-31(27-30)33-16-12-20-36(29-33)45-40-24-7-4-21-37(40)38-22-5-8-25-41(38)45/h1-29H. The van der Waals surface area contributed by atoms with Crippen LogP contribution in [0.3, 0.4) is 0 Å². The molecule has 0 spiro atoms. The van der Waals surface area contributed by atoms with Crippen LogP contribution in [-0.2, 0) is 0 Å². The summed E-state index contributed by atoms with van der Waals surface area (Å²) in [5, 5.41) is 2.54. The highest BCUT2D eigenvalue weighted by Crippen LogP contribution is 2.35. The van der Waals surface area contributed by atoms with E-state index in [1.54, 1.807) is 0 Å². The number of rotatable bonds is 5. The van der Waals surface area contributed by atoms with Crippen molar-refractivity contribution in [1.82, 2.24) is 14.1 Å². The lowest BCUT2D eigenvalue weighted by molar-refractivity contribution is 1.10. The van der Waals surface area contributed by atoms with E-state index in [1.165, 1.54) is 38.5 Å². The van der Waals surface area contributed by atoms with Crippen LogP contribution in [0, 0.1) is 0 Å². The quantitative estimate of drug-likeness (QED) is 0.196. The molecule has 0 N–H and O–H groups in total. The Balaban J connectivity index is 1.13. The second-order valence-electron chi connectivity index (χ2n) is 11.7. The molecule has 216 valence electrons. The van der Waals surface area contributed by atoms with E-state index >= 15 is 0 Å². The van der Waals surface area contributed by atoms with Crippen molar-refractivity contribution in [2.75, 3.05) is 0 Å². The lowest BCUT2D eigenvalue weighted by Gasteiger charge is -2.12. The van der Waals surface area contributed by atoms with Crippen LogP contribution < -0.4 is 0 Å². The first-order valence-electron chi connectivity index (χ1n) is 15.6. The summed E-state index contributed by atoms with van der Waals surface area (Å²) in [6.07, 6.45) is 0. The molecule has 0 bridgehead atoms. The number of hydrogen-bond acceptors (Lipinski definition) is 1. The maximum absolute atomic E-state index is 5.10. The van der Waals surface area contributed by atoms with Crippen LogP contribution >= 0.6 is 0 Å². The first-order valence-corrected chi connectivity index (χ1v) is 15.6. The molecule has 0 saturated heterocycles. The summed E-state index contributed by atoms with van der Waals surface area (Å²) in [5.74, 6) is 0.935. The molecule has 0 radical (unpaired) electrons. The molecule has 9 aromatic rings. The molecular formula is C43H29N3. The second-order valence-corrected chi connectivity index (χ2v) is 11.7. The van der Waals surface area contributed by atoms with Crippen molar-refractivity contribution in [2.24, 2.45) is 0 Å². The summed E-state index contributed by atoms with van der Waals surface area (Å²) in [6, 6.07) is 62.6. The fraction of sp³-hybridized carbons (Fsp3) is 0. The summed E-state index contributed by atoms with van der Waals surface area (Å²) in [5.41, 5.74) is 12.5. The molecule has 3 nitrogen and oxygen atoms in total. The average molecular weight is 588 g/mol. The molecule has 0 aliphatic heterocycles. The van der Waals surface area contributed by atoms with Crippen LogP contribution in [0.15, 0.2) is 176 Å². The Labute approximate surface area is 267 Å². The lowest BCUT2D eigenvalue weighted by atomic mass is 9.97. The van der Waals surface area contributed by atoms with Crippen molar-refractivity contribution in [3.05, 3.63) is 176 Å². The maximum atomic E-state index is 5.10. The van der Waals surface area contributed by atoms with E-state index in [4.69, 9.17) is 4.98 Å². The minimum Gasteiger partial charge on any atom is -0.309 e. The molecule has 7 aromatic carbocycles. The van der Waals surface area contributed by atoms with E-state index in [9.17, 15) is 0 Å². The van der Waals surface area contributed by atoms with Gasteiger partial charge in [-0.05, 0) is 82.9 Å². The molecule has 3 heteroatoms. The van der Waals surface area contributed by atoms with Crippen LogP contribution in [-0.4, -0.2) is 14.1 Å². The Kier molecular flexibility index (Phi) is 6.14. The van der Waals surface area contributed by atoms with Gasteiger partial charge in [-0.25, -0.2) is 4.98 Å². The Bertz CT molecular complexity index is 2480. The van der Waals surface area contributed by atoms with E-state index in [-0.39, 0.29) is 0 Å². The van der Waals surface area contributed by atoms with E-state index in [0.29, 0.717) is 0 Å². The number of para-hydroxylation sites is 5. The van der Waals surface area contributed by atoms with Crippen molar-refractivity contribution in [2.45, 2.75) is 0 Å². The van der Waals surface area contributed by atoms with Gasteiger partial charge in [-0.1, -0.05) is 115 Å². The molecular weight excluding hydrogens is 558 g/mol. The van der Waals surface area contributed by atoms with Crippen LogP contribution in [0.4, 0.5) is 0 Å². The molecule has 0 amide bonds. The van der Waals surface area contributed by atoms with E-state index in [1.807, 2.05) is 6.07 Å². The summed E-state index contributed by atoms with van der Waals surface area (Å²) in [7, 11) is 0. The highest BCUT2D eigenvalue weighted by molar-refractivity contribution is 6.09. The topological polar surface area (TPSA) is 22.8 Å². The van der Waals surface area contributed by atoms with Crippen LogP contribution in [0.25, 0.3) is 77.9 Å². The Hall–Kier alpha value is -6.19. The van der Waals surface area contributed by atoms with Gasteiger partial charge in [-0.15, -0.1) is 0 Å². The number of hydrogen-bond donors (Lipinski definition) is 0. The second kappa shape index (κ2) is 10.8. The predicted octanol–water partition coefficient (Wildman–Crippen LogP) is 11.1. The van der Waals surface area contributed by atoms with Gasteiger partial charge in [-0.3, -0.25) is 4.57 Å². The summed E-state index contributed by atoms with van der Waals surface area (Å²) in [4.78, 5) is 5.10. The monoisotopic (exact) mass is 587 g/mol. The third kappa shape index (κ3) is 4.33. The Morgan fingerprint density at radius 2 is 0.804 bits per heavy atom. The van der Waals surface area contributed by atoms with E-state index in [0.717, 1.165) is 39.4 Å². The molecule has 0 fully saturated rings. The fourth-order valence-corrected chi connectivity index (χ4v) is 6.80. The van der Waals surface area contributed by atoms with Gasteiger partial charge in [-0.2, -0.15) is 0 Å². The molecule has 2 aromatic heterocycles. The normalized spacial score (nSPS) is 11.5. The number of benzene rings is 7. The lowest BCUT2D eigenvalue weighted by Crippen LogP contribution is -1.97. The molecule has 0 unspecified atom stereocenters. The van der Waals surface area contributed by atoms with Crippen molar-refractivity contribution >= 4 is 32.8 Å². The largest absolute Gasteiger partial charge is 0.309 e. The molecule has 0 aliphatic rings. The number of imidazole rings is 1. The van der Waals surface area contributed by atoms with Crippen molar-refractivity contribution in [3.63, 3.8) is 0 Å². The Morgan fingerprint density at radius 3 is 1.48 bits per heavy atom. The van der Waals surface area contributed by atoms with Gasteiger partial charge in [0.1, 0.15) is 5.82 Å². The highest BCUT2D eigenvalue weighted by atomic mass is 15.1. The number of fused-ring (bicyclic) bond motifs is 4. The smallest absolute Gasteiger partial charge is 0.145 e. The van der Waals surface area contributed by atoms with E-state index < -0.39 is 0 Å². The van der Waals surface area contributed by atoms with E-state index in [2.05, 4.69) is 179 Å². The van der Waals surface area contributed by atoms with Gasteiger partial charge in [0.05, 0.1) is 22.1 Å². The molecule has 0 saturated carbocycles. The summed E-state index contributed by atoms with van der Waals surface area (Å²) < 4.78 is 4.63. The maximum Gasteiger partial charge on any atom is 0.145 e. The zero-order chi connectivity index (χ0) is 30.5. The number of aromatic nitrogens is 3. The van der Waals surface area contributed by atoms with Crippen molar-refractivity contribution in [1.29, 1.82) is 0 Å². The minimum absolute atomic E-state index is 0.935.